The highest BCUT2D eigenvalue weighted by atomic mass is 32.2. The second-order valence-corrected chi connectivity index (χ2v) is 7.60. The third-order valence-corrected chi connectivity index (χ3v) is 5.85. The van der Waals surface area contributed by atoms with Gasteiger partial charge in [0.15, 0.2) is 0 Å². The first-order valence-corrected chi connectivity index (χ1v) is 8.59. The quantitative estimate of drug-likeness (QED) is 0.779. The lowest BCUT2D eigenvalue weighted by Crippen LogP contribution is -2.42. The van der Waals surface area contributed by atoms with Crippen LogP contribution >= 0.6 is 0 Å². The van der Waals surface area contributed by atoms with Gasteiger partial charge in [0, 0.05) is 12.6 Å². The van der Waals surface area contributed by atoms with Gasteiger partial charge in [0.25, 0.3) is 0 Å². The third kappa shape index (κ3) is 3.05. The molecule has 114 valence electrons. The summed E-state index contributed by atoms with van der Waals surface area (Å²) in [7, 11) is -3.56. The molecule has 1 aliphatic rings. The monoisotopic (exact) mass is 300 g/mol. The Kier molecular flexibility index (Phi) is 4.51. The average Bonchev–Trinajstić information content (AvgIpc) is 2.75. The lowest BCUT2D eigenvalue weighted by molar-refractivity contribution is 0.249. The molecular weight excluding hydrogens is 276 g/mol. The van der Waals surface area contributed by atoms with Crippen LogP contribution in [-0.4, -0.2) is 24.7 Å². The van der Waals surface area contributed by atoms with E-state index in [1.54, 1.807) is 6.92 Å². The standard InChI is InChI=1S/C13H24N4O2S/c1-8-4-5-11(9(2)6-8)17-20(18,19)13-10(3)15-16-12(13)7-14/h8-9,11,17H,4-7,14H2,1-3H3,(H,15,16). The molecule has 6 nitrogen and oxygen atoms in total. The zero-order chi connectivity index (χ0) is 14.9. The lowest BCUT2D eigenvalue weighted by atomic mass is 9.80. The van der Waals surface area contributed by atoms with E-state index in [0.29, 0.717) is 23.2 Å². The number of nitrogens with two attached hydrogens (primary N) is 1. The van der Waals surface area contributed by atoms with Crippen LogP contribution in [0.3, 0.4) is 0 Å². The maximum atomic E-state index is 12.6. The maximum Gasteiger partial charge on any atom is 0.244 e. The number of nitrogens with zero attached hydrogens (tertiary/aromatic N) is 1. The molecule has 1 saturated carbocycles. The van der Waals surface area contributed by atoms with Crippen LogP contribution in [0, 0.1) is 18.8 Å². The second-order valence-electron chi connectivity index (χ2n) is 5.95. The molecule has 1 aromatic heterocycles. The average molecular weight is 300 g/mol. The van der Waals surface area contributed by atoms with Gasteiger partial charge >= 0.3 is 0 Å². The van der Waals surface area contributed by atoms with Crippen LogP contribution in [-0.2, 0) is 16.6 Å². The highest BCUT2D eigenvalue weighted by Crippen LogP contribution is 2.30. The van der Waals surface area contributed by atoms with E-state index in [-0.39, 0.29) is 17.5 Å². The van der Waals surface area contributed by atoms with Gasteiger partial charge in [0.2, 0.25) is 10.0 Å². The lowest BCUT2D eigenvalue weighted by Gasteiger charge is -2.32. The molecule has 1 heterocycles. The summed E-state index contributed by atoms with van der Waals surface area (Å²) in [6.45, 7) is 6.13. The molecule has 0 radical (unpaired) electrons. The summed E-state index contributed by atoms with van der Waals surface area (Å²) < 4.78 is 28.0. The minimum Gasteiger partial charge on any atom is -0.325 e. The fourth-order valence-corrected chi connectivity index (χ4v) is 4.82. The number of hydrogen-bond acceptors (Lipinski definition) is 4. The van der Waals surface area contributed by atoms with Gasteiger partial charge in [-0.1, -0.05) is 13.8 Å². The van der Waals surface area contributed by atoms with Crippen LogP contribution in [0.2, 0.25) is 0 Å². The summed E-state index contributed by atoms with van der Waals surface area (Å²) in [5.74, 6) is 1.02. The molecular formula is C13H24N4O2S. The van der Waals surface area contributed by atoms with Crippen molar-refractivity contribution in [3.8, 4) is 0 Å². The first kappa shape index (κ1) is 15.5. The fourth-order valence-electron chi connectivity index (χ4n) is 3.06. The maximum absolute atomic E-state index is 12.6. The normalized spacial score (nSPS) is 27.7. The van der Waals surface area contributed by atoms with E-state index >= 15 is 0 Å². The summed E-state index contributed by atoms with van der Waals surface area (Å²) in [4.78, 5) is 0.214. The van der Waals surface area contributed by atoms with E-state index in [0.717, 1.165) is 19.3 Å². The van der Waals surface area contributed by atoms with Crippen molar-refractivity contribution in [2.45, 2.75) is 57.5 Å². The summed E-state index contributed by atoms with van der Waals surface area (Å²) in [6, 6.07) is -0.00359. The first-order chi connectivity index (χ1) is 9.35. The minimum atomic E-state index is -3.56. The molecule has 3 atom stereocenters. The topological polar surface area (TPSA) is 101 Å². The molecule has 20 heavy (non-hydrogen) atoms. The number of aromatic nitrogens is 2. The molecule has 0 spiro atoms. The molecule has 1 aromatic rings. The van der Waals surface area contributed by atoms with Gasteiger partial charge in [-0.2, -0.15) is 5.10 Å². The Labute approximate surface area is 120 Å². The zero-order valence-electron chi connectivity index (χ0n) is 12.3. The van der Waals surface area contributed by atoms with Gasteiger partial charge in [-0.25, -0.2) is 13.1 Å². The van der Waals surface area contributed by atoms with Crippen LogP contribution in [0.5, 0.6) is 0 Å². The molecule has 0 amide bonds. The van der Waals surface area contributed by atoms with Gasteiger partial charge in [-0.05, 0) is 38.0 Å². The van der Waals surface area contributed by atoms with E-state index in [9.17, 15) is 8.42 Å². The molecule has 1 fully saturated rings. The van der Waals surface area contributed by atoms with Crippen molar-refractivity contribution >= 4 is 10.0 Å². The fraction of sp³-hybridized carbons (Fsp3) is 0.769. The zero-order valence-corrected chi connectivity index (χ0v) is 13.1. The number of aromatic amines is 1. The summed E-state index contributed by atoms with van der Waals surface area (Å²) >= 11 is 0. The first-order valence-electron chi connectivity index (χ1n) is 7.11. The molecule has 0 aliphatic heterocycles. The molecule has 0 saturated heterocycles. The van der Waals surface area contributed by atoms with Crippen molar-refractivity contribution in [2.24, 2.45) is 17.6 Å². The predicted octanol–water partition coefficient (Wildman–Crippen LogP) is 1.28. The number of sulfonamides is 1. The number of rotatable bonds is 4. The van der Waals surface area contributed by atoms with Gasteiger partial charge < -0.3 is 5.73 Å². The van der Waals surface area contributed by atoms with Crippen molar-refractivity contribution in [1.82, 2.24) is 14.9 Å². The molecule has 0 aromatic carbocycles. The molecule has 2 rings (SSSR count). The molecule has 7 heteroatoms. The minimum absolute atomic E-state index is 0.00359. The number of aryl methyl sites for hydroxylation is 1. The van der Waals surface area contributed by atoms with E-state index in [2.05, 4.69) is 28.8 Å². The van der Waals surface area contributed by atoms with Crippen LogP contribution in [0.4, 0.5) is 0 Å². The SMILES string of the molecule is Cc1[nH]nc(CN)c1S(=O)(=O)NC1CCC(C)CC1C. The Hall–Kier alpha value is -0.920. The Morgan fingerprint density at radius 2 is 2.10 bits per heavy atom. The van der Waals surface area contributed by atoms with Crippen LogP contribution < -0.4 is 10.5 Å². The van der Waals surface area contributed by atoms with Crippen molar-refractivity contribution in [3.05, 3.63) is 11.4 Å². The molecule has 4 N–H and O–H groups in total. The van der Waals surface area contributed by atoms with Gasteiger partial charge in [0.1, 0.15) is 4.90 Å². The Morgan fingerprint density at radius 1 is 1.40 bits per heavy atom. The van der Waals surface area contributed by atoms with Crippen molar-refractivity contribution < 1.29 is 8.42 Å². The summed E-state index contributed by atoms with van der Waals surface area (Å²) in [5.41, 5.74) is 6.50. The third-order valence-electron chi connectivity index (χ3n) is 4.16. The number of hydrogen-bond donors (Lipinski definition) is 3. The Morgan fingerprint density at radius 3 is 2.70 bits per heavy atom. The van der Waals surface area contributed by atoms with E-state index in [4.69, 9.17) is 5.73 Å². The molecule has 3 unspecified atom stereocenters. The van der Waals surface area contributed by atoms with Gasteiger partial charge in [-0.3, -0.25) is 5.10 Å². The second kappa shape index (κ2) is 5.83. The van der Waals surface area contributed by atoms with Crippen molar-refractivity contribution in [3.63, 3.8) is 0 Å². The number of nitrogens with one attached hydrogen (secondary N) is 2. The van der Waals surface area contributed by atoms with Crippen molar-refractivity contribution in [1.29, 1.82) is 0 Å². The predicted molar refractivity (Wildman–Crippen MR) is 77.5 cm³/mol. The largest absolute Gasteiger partial charge is 0.325 e. The Bertz CT molecular complexity index is 567. The van der Waals surface area contributed by atoms with E-state index in [1.165, 1.54) is 0 Å². The molecule has 0 bridgehead atoms. The highest BCUT2D eigenvalue weighted by molar-refractivity contribution is 7.89. The van der Waals surface area contributed by atoms with Crippen molar-refractivity contribution in [2.75, 3.05) is 0 Å². The van der Waals surface area contributed by atoms with E-state index < -0.39 is 10.0 Å². The number of H-pyrrole nitrogens is 1. The van der Waals surface area contributed by atoms with Crippen LogP contribution in [0.25, 0.3) is 0 Å². The highest BCUT2D eigenvalue weighted by Gasteiger charge is 2.31. The van der Waals surface area contributed by atoms with Crippen LogP contribution in [0.1, 0.15) is 44.5 Å². The summed E-state index contributed by atoms with van der Waals surface area (Å²) in [5, 5.41) is 6.66. The Balaban J connectivity index is 2.21. The van der Waals surface area contributed by atoms with Gasteiger partial charge in [0.05, 0.1) is 11.4 Å². The summed E-state index contributed by atoms with van der Waals surface area (Å²) in [6.07, 6.45) is 3.00. The molecule has 1 aliphatic carbocycles. The van der Waals surface area contributed by atoms with E-state index in [1.807, 2.05) is 0 Å². The van der Waals surface area contributed by atoms with Gasteiger partial charge in [-0.15, -0.1) is 0 Å². The smallest absolute Gasteiger partial charge is 0.244 e. The van der Waals surface area contributed by atoms with Crippen LogP contribution in [0.15, 0.2) is 4.90 Å².